The molecule has 36 heavy (non-hydrogen) atoms. The summed E-state index contributed by atoms with van der Waals surface area (Å²) in [6, 6.07) is 2.30. The third-order valence-electron chi connectivity index (χ3n) is 4.34. The van der Waals surface area contributed by atoms with E-state index in [-0.39, 0.29) is 32.6 Å². The summed E-state index contributed by atoms with van der Waals surface area (Å²) in [4.78, 5) is 0. The van der Waals surface area contributed by atoms with Crippen LogP contribution in [-0.4, -0.2) is 45.0 Å². The molecule has 2 aromatic rings. The molecule has 0 saturated carbocycles. The quantitative estimate of drug-likeness (QED) is 0.0727. The van der Waals surface area contributed by atoms with Crippen molar-refractivity contribution in [1.29, 1.82) is 21.6 Å². The van der Waals surface area contributed by atoms with E-state index >= 15 is 0 Å². The van der Waals surface area contributed by atoms with E-state index in [0.29, 0.717) is 5.01 Å². The summed E-state index contributed by atoms with van der Waals surface area (Å²) in [6.45, 7) is 0. The summed E-state index contributed by atoms with van der Waals surface area (Å²) in [6.07, 6.45) is 0. The van der Waals surface area contributed by atoms with Gasteiger partial charge in [0.25, 0.3) is 0 Å². The van der Waals surface area contributed by atoms with Crippen LogP contribution < -0.4 is 36.0 Å². The summed E-state index contributed by atoms with van der Waals surface area (Å²) in [5, 5.41) is 42.0. The highest BCUT2D eigenvalue weighted by Gasteiger charge is 2.34. The van der Waals surface area contributed by atoms with Crippen molar-refractivity contribution in [1.82, 2.24) is 21.3 Å². The van der Waals surface area contributed by atoms with E-state index in [2.05, 4.69) is 21.3 Å². The van der Waals surface area contributed by atoms with Crippen LogP contribution in [0.5, 0.6) is 5.75 Å². The molecule has 0 radical (unpaired) electrons. The van der Waals surface area contributed by atoms with Gasteiger partial charge in [0.15, 0.2) is 40.9 Å². The Kier molecular flexibility index (Phi) is 9.13. The highest BCUT2D eigenvalue weighted by atomic mass is 35.5. The van der Waals surface area contributed by atoms with E-state index in [1.807, 2.05) is 0 Å². The normalized spacial score (nSPS) is 10.2. The molecular weight excluding hydrogens is 531 g/mol. The van der Waals surface area contributed by atoms with Gasteiger partial charge in [-0.3, -0.25) is 32.3 Å². The molecular formula is C19H20Cl2F4N10O. The number of rotatable bonds is 3. The fourth-order valence-electron chi connectivity index (χ4n) is 2.74. The van der Waals surface area contributed by atoms with Crippen molar-refractivity contribution >= 4 is 58.4 Å². The SMILES string of the molecule is CNC(=N)NC(=N)N(c1cc(Cl)c(OC)c(Cl)c1)N(C(=N)NC(=N)NC)c1c(F)cc(F)c(F)c1F. The minimum atomic E-state index is -2.07. The number of nitrogens with zero attached hydrogens (tertiary/aromatic N) is 2. The molecule has 0 atom stereocenters. The fraction of sp³-hybridized carbons (Fsp3) is 0.158. The zero-order chi connectivity index (χ0) is 27.3. The van der Waals surface area contributed by atoms with Gasteiger partial charge in [0, 0.05) is 20.2 Å². The van der Waals surface area contributed by atoms with Crippen LogP contribution in [0.3, 0.4) is 0 Å². The lowest BCUT2D eigenvalue weighted by Gasteiger charge is -2.38. The first-order valence-electron chi connectivity index (χ1n) is 9.57. The Balaban J connectivity index is 2.91. The molecule has 0 fully saturated rings. The van der Waals surface area contributed by atoms with Crippen LogP contribution >= 0.6 is 23.2 Å². The minimum absolute atomic E-state index is 0.00592. The van der Waals surface area contributed by atoms with E-state index < -0.39 is 52.8 Å². The Bertz CT molecular complexity index is 1210. The standard InChI is InChI=1S/C19H20Cl2F4N10O/c1-30-16(26)32-18(28)34(7-4-8(20)15(36-3)9(21)5-7)35(19(29)33-17(27)31-2)14-11(23)6-10(22)12(24)13(14)25/h4-6H,1-3H3,(H4,26,28,30,32)(H4,27,29,31,33). The number of hydrogen-bond acceptors (Lipinski definition) is 5. The topological polar surface area (TPSA) is 159 Å². The molecule has 0 aliphatic heterocycles. The molecule has 2 rings (SSSR count). The lowest BCUT2D eigenvalue weighted by Crippen LogP contribution is -2.61. The lowest BCUT2D eigenvalue weighted by molar-refractivity contribution is 0.415. The van der Waals surface area contributed by atoms with Gasteiger partial charge in [0.1, 0.15) is 5.69 Å². The number of methoxy groups -OCH3 is 1. The molecule has 0 amide bonds. The molecule has 0 aromatic heterocycles. The van der Waals surface area contributed by atoms with E-state index in [1.54, 1.807) is 0 Å². The Hall–Kier alpha value is -3.98. The van der Waals surface area contributed by atoms with Crippen LogP contribution in [0.4, 0.5) is 28.9 Å². The van der Waals surface area contributed by atoms with Crippen molar-refractivity contribution in [2.24, 2.45) is 0 Å². The minimum Gasteiger partial charge on any atom is -0.494 e. The van der Waals surface area contributed by atoms with Crippen LogP contribution in [0, 0.1) is 44.9 Å². The van der Waals surface area contributed by atoms with Gasteiger partial charge >= 0.3 is 0 Å². The van der Waals surface area contributed by atoms with Crippen LogP contribution in [0.15, 0.2) is 18.2 Å². The Labute approximate surface area is 212 Å². The van der Waals surface area contributed by atoms with Crippen LogP contribution in [0.2, 0.25) is 10.0 Å². The zero-order valence-corrected chi connectivity index (χ0v) is 20.3. The van der Waals surface area contributed by atoms with Crippen LogP contribution in [-0.2, 0) is 0 Å². The van der Waals surface area contributed by atoms with E-state index in [4.69, 9.17) is 49.6 Å². The van der Waals surface area contributed by atoms with Gasteiger partial charge in [-0.25, -0.2) is 27.6 Å². The van der Waals surface area contributed by atoms with Gasteiger partial charge in [-0.15, -0.1) is 0 Å². The molecule has 0 bridgehead atoms. The second kappa shape index (κ2) is 11.6. The number of guanidine groups is 4. The van der Waals surface area contributed by atoms with Crippen molar-refractivity contribution in [3.05, 3.63) is 51.5 Å². The van der Waals surface area contributed by atoms with Gasteiger partial charge in [-0.05, 0) is 12.1 Å². The van der Waals surface area contributed by atoms with Crippen LogP contribution in [0.25, 0.3) is 0 Å². The summed E-state index contributed by atoms with van der Waals surface area (Å²) >= 11 is 12.4. The molecule has 0 aliphatic rings. The highest BCUT2D eigenvalue weighted by Crippen LogP contribution is 2.39. The number of anilines is 2. The van der Waals surface area contributed by atoms with Gasteiger partial charge in [0.05, 0.1) is 22.8 Å². The molecule has 0 saturated heterocycles. The molecule has 11 nitrogen and oxygen atoms in total. The van der Waals surface area contributed by atoms with Crippen molar-refractivity contribution in [3.8, 4) is 5.75 Å². The first-order valence-corrected chi connectivity index (χ1v) is 10.3. The van der Waals surface area contributed by atoms with E-state index in [1.165, 1.54) is 21.2 Å². The predicted octanol–water partition coefficient (Wildman–Crippen LogP) is 3.14. The van der Waals surface area contributed by atoms with E-state index in [0.717, 1.165) is 12.1 Å². The summed E-state index contributed by atoms with van der Waals surface area (Å²) in [7, 11) is 3.90. The first kappa shape index (κ1) is 28.3. The highest BCUT2D eigenvalue weighted by molar-refractivity contribution is 6.37. The maximum Gasteiger partial charge on any atom is 0.222 e. The number of ether oxygens (including phenoxy) is 1. The largest absolute Gasteiger partial charge is 0.494 e. The van der Waals surface area contributed by atoms with E-state index in [9.17, 15) is 17.6 Å². The molecule has 0 spiro atoms. The second-order valence-electron chi connectivity index (χ2n) is 6.58. The van der Waals surface area contributed by atoms with Gasteiger partial charge in [-0.1, -0.05) is 23.2 Å². The average molecular weight is 551 g/mol. The number of hydrogen-bond donors (Lipinski definition) is 8. The van der Waals surface area contributed by atoms with Crippen molar-refractivity contribution in [2.75, 3.05) is 31.2 Å². The summed E-state index contributed by atoms with van der Waals surface area (Å²) in [5.41, 5.74) is -1.58. The maximum atomic E-state index is 15.0. The molecule has 2 aromatic carbocycles. The lowest BCUT2D eigenvalue weighted by atomic mass is 10.2. The Morgan fingerprint density at radius 1 is 0.778 bits per heavy atom. The Morgan fingerprint density at radius 3 is 1.69 bits per heavy atom. The van der Waals surface area contributed by atoms with Gasteiger partial charge < -0.3 is 15.4 Å². The maximum absolute atomic E-state index is 15.0. The third-order valence-corrected chi connectivity index (χ3v) is 4.91. The fourth-order valence-corrected chi connectivity index (χ4v) is 3.37. The molecule has 0 aliphatic carbocycles. The average Bonchev–Trinajstić information content (AvgIpc) is 2.81. The number of halogens is 6. The van der Waals surface area contributed by atoms with Crippen molar-refractivity contribution in [3.63, 3.8) is 0 Å². The number of hydrazine groups is 1. The number of benzene rings is 2. The molecule has 0 unspecified atom stereocenters. The second-order valence-corrected chi connectivity index (χ2v) is 7.39. The molecule has 194 valence electrons. The van der Waals surface area contributed by atoms with Crippen LogP contribution in [0.1, 0.15) is 0 Å². The molecule has 17 heteroatoms. The first-order chi connectivity index (χ1) is 16.9. The zero-order valence-electron chi connectivity index (χ0n) is 18.8. The summed E-state index contributed by atoms with van der Waals surface area (Å²) in [5.74, 6) is -10.5. The monoisotopic (exact) mass is 550 g/mol. The third kappa shape index (κ3) is 5.80. The molecule has 0 heterocycles. The van der Waals surface area contributed by atoms with Gasteiger partial charge in [0.2, 0.25) is 11.9 Å². The smallest absolute Gasteiger partial charge is 0.222 e. The molecule has 8 N–H and O–H groups in total. The number of nitrogens with one attached hydrogen (secondary N) is 8. The Morgan fingerprint density at radius 2 is 1.25 bits per heavy atom. The van der Waals surface area contributed by atoms with Gasteiger partial charge in [-0.2, -0.15) is 0 Å². The van der Waals surface area contributed by atoms with Crippen molar-refractivity contribution < 1.29 is 22.3 Å². The summed E-state index contributed by atoms with van der Waals surface area (Å²) < 4.78 is 62.9. The predicted molar refractivity (Wildman–Crippen MR) is 130 cm³/mol. The van der Waals surface area contributed by atoms with Crippen molar-refractivity contribution in [2.45, 2.75) is 0 Å².